The van der Waals surface area contributed by atoms with E-state index in [2.05, 4.69) is 26.6 Å². The van der Waals surface area contributed by atoms with Gasteiger partial charge in [0, 0.05) is 42.7 Å². The summed E-state index contributed by atoms with van der Waals surface area (Å²) in [5, 5.41) is 13.4. The van der Waals surface area contributed by atoms with Gasteiger partial charge in [0.05, 0.1) is 0 Å². The summed E-state index contributed by atoms with van der Waals surface area (Å²) in [7, 11) is 0. The number of amides is 7. The van der Waals surface area contributed by atoms with Crippen LogP contribution in [0.5, 0.6) is 0 Å². The fraction of sp³-hybridized carbons (Fsp3) is 0.450. The number of hydrogen-bond donors (Lipinski definition) is 7. The minimum absolute atomic E-state index is 0.0564. The summed E-state index contributed by atoms with van der Waals surface area (Å²) < 4.78 is 0. The molecule has 1 saturated carbocycles. The minimum Gasteiger partial charge on any atom is -0.370 e. The first kappa shape index (κ1) is 41.9. The standard InChI is InChI=1S/C40H51N7O8/c41-33(48)19-18-30-39(54)47-32(23-25-9-3-1-4-10-25)40(55)46-31(24-26-14-16-28(17-15-26)36(51)27-11-5-2-6-12-27)38(53)43-22-8-7-13-29(37(42)52)44-34(49)20-21-35(50)45-30/h2,5-6,11-12,14-17,20-21,25,29-32H,1,3-4,7-10,13,18-19,22-24H2,(H2,41,48)(H2,42,52)(H,43,53)(H,44,49)(H,45,50)(H,46,55)(H,47,54)/b21-20+/t29-,30+,31+,32-/m0/s1. The predicted octanol–water partition coefficient (Wildman–Crippen LogP) is 0.977. The second kappa shape index (κ2) is 21.1. The molecule has 55 heavy (non-hydrogen) atoms. The Hall–Kier alpha value is -5.86. The lowest BCUT2D eigenvalue weighted by Crippen LogP contribution is -2.57. The highest BCUT2D eigenvalue weighted by Gasteiger charge is 2.32. The highest BCUT2D eigenvalue weighted by molar-refractivity contribution is 6.09. The van der Waals surface area contributed by atoms with Gasteiger partial charge in [0.2, 0.25) is 41.4 Å². The Bertz CT molecular complexity index is 1720. The first-order valence-electron chi connectivity index (χ1n) is 18.8. The fourth-order valence-electron chi connectivity index (χ4n) is 6.77. The van der Waals surface area contributed by atoms with Crippen molar-refractivity contribution in [3.05, 3.63) is 83.4 Å². The Morgan fingerprint density at radius 2 is 1.22 bits per heavy atom. The molecule has 0 saturated heterocycles. The molecule has 15 nitrogen and oxygen atoms in total. The number of benzene rings is 2. The molecule has 294 valence electrons. The number of primary amides is 2. The molecule has 1 heterocycles. The number of carbonyl (C=O) groups excluding carboxylic acids is 8. The third-order valence-electron chi connectivity index (χ3n) is 9.83. The molecule has 0 aromatic heterocycles. The average Bonchev–Trinajstić information content (AvgIpc) is 3.17. The van der Waals surface area contributed by atoms with E-state index in [9.17, 15) is 38.4 Å². The van der Waals surface area contributed by atoms with Crippen molar-refractivity contribution >= 4 is 47.1 Å². The molecule has 1 aliphatic carbocycles. The van der Waals surface area contributed by atoms with Gasteiger partial charge in [-0.3, -0.25) is 38.4 Å². The monoisotopic (exact) mass is 757 g/mol. The maximum atomic E-state index is 14.1. The lowest BCUT2D eigenvalue weighted by atomic mass is 9.84. The van der Waals surface area contributed by atoms with Crippen molar-refractivity contribution in [2.45, 2.75) is 101 Å². The second-order valence-electron chi connectivity index (χ2n) is 14.1. The van der Waals surface area contributed by atoms with Crippen LogP contribution in [0, 0.1) is 5.92 Å². The van der Waals surface area contributed by atoms with E-state index in [0.717, 1.165) is 44.3 Å². The summed E-state index contributed by atoms with van der Waals surface area (Å²) >= 11 is 0. The SMILES string of the molecule is NC(=O)CC[C@H]1NC(=O)/C=C/C(=O)N[C@H](C(N)=O)CCCCNC(=O)[C@@H](Cc2ccc(C(=O)c3ccccc3)cc2)NC(=O)[C@H](CC2CCCCC2)NC1=O. The van der Waals surface area contributed by atoms with Crippen molar-refractivity contribution in [3.63, 3.8) is 0 Å². The number of hydrogen-bond acceptors (Lipinski definition) is 8. The molecule has 0 bridgehead atoms. The summed E-state index contributed by atoms with van der Waals surface area (Å²) in [4.78, 5) is 104. The van der Waals surface area contributed by atoms with E-state index >= 15 is 0 Å². The summed E-state index contributed by atoms with van der Waals surface area (Å²) in [6.07, 6.45) is 7.31. The Balaban J connectivity index is 1.62. The van der Waals surface area contributed by atoms with Crippen molar-refractivity contribution < 1.29 is 38.4 Å². The van der Waals surface area contributed by atoms with Crippen molar-refractivity contribution in [2.75, 3.05) is 6.54 Å². The van der Waals surface area contributed by atoms with Crippen LogP contribution >= 0.6 is 0 Å². The minimum atomic E-state index is -1.31. The normalized spacial score (nSPS) is 23.2. The number of nitrogens with one attached hydrogen (secondary N) is 5. The van der Waals surface area contributed by atoms with Crippen molar-refractivity contribution in [1.82, 2.24) is 26.6 Å². The van der Waals surface area contributed by atoms with Crippen molar-refractivity contribution in [3.8, 4) is 0 Å². The van der Waals surface area contributed by atoms with E-state index in [1.165, 1.54) is 0 Å². The highest BCUT2D eigenvalue weighted by Crippen LogP contribution is 2.27. The lowest BCUT2D eigenvalue weighted by Gasteiger charge is -2.29. The van der Waals surface area contributed by atoms with Crippen LogP contribution in [-0.4, -0.2) is 77.8 Å². The first-order valence-corrected chi connectivity index (χ1v) is 18.8. The van der Waals surface area contributed by atoms with E-state index in [4.69, 9.17) is 11.5 Å². The van der Waals surface area contributed by atoms with Crippen LogP contribution in [0.15, 0.2) is 66.7 Å². The molecule has 9 N–H and O–H groups in total. The Morgan fingerprint density at radius 3 is 1.87 bits per heavy atom. The van der Waals surface area contributed by atoms with E-state index in [0.29, 0.717) is 29.5 Å². The van der Waals surface area contributed by atoms with Gasteiger partial charge < -0.3 is 38.1 Å². The van der Waals surface area contributed by atoms with Crippen LogP contribution in [0.2, 0.25) is 0 Å². The largest absolute Gasteiger partial charge is 0.370 e. The van der Waals surface area contributed by atoms with Gasteiger partial charge in [0.15, 0.2) is 5.78 Å². The molecule has 4 rings (SSSR count). The number of rotatable bonds is 10. The average molecular weight is 758 g/mol. The topological polar surface area (TPSA) is 249 Å². The molecule has 2 aliphatic rings. The molecule has 0 radical (unpaired) electrons. The van der Waals surface area contributed by atoms with Gasteiger partial charge in [-0.15, -0.1) is 0 Å². The Labute approximate surface area is 320 Å². The van der Waals surface area contributed by atoms with Crippen LogP contribution < -0.4 is 38.1 Å². The van der Waals surface area contributed by atoms with Crippen molar-refractivity contribution in [2.24, 2.45) is 17.4 Å². The number of ketones is 1. The third kappa shape index (κ3) is 13.8. The molecular formula is C40H51N7O8. The van der Waals surface area contributed by atoms with Gasteiger partial charge >= 0.3 is 0 Å². The van der Waals surface area contributed by atoms with Gasteiger partial charge in [-0.25, -0.2) is 0 Å². The number of carbonyl (C=O) groups is 8. The first-order chi connectivity index (χ1) is 26.4. The molecule has 4 atom stereocenters. The number of nitrogens with two attached hydrogens (primary N) is 2. The van der Waals surface area contributed by atoms with Gasteiger partial charge in [-0.2, -0.15) is 0 Å². The lowest BCUT2D eigenvalue weighted by molar-refractivity contribution is -0.134. The summed E-state index contributed by atoms with van der Waals surface area (Å²) in [6.45, 7) is 0.180. The molecule has 0 unspecified atom stereocenters. The maximum absolute atomic E-state index is 14.1. The molecule has 0 spiro atoms. The van der Waals surface area contributed by atoms with Crippen molar-refractivity contribution in [1.29, 1.82) is 0 Å². The zero-order valence-electron chi connectivity index (χ0n) is 30.9. The molecule has 2 aromatic rings. The van der Waals surface area contributed by atoms with E-state index in [-0.39, 0.29) is 50.4 Å². The molecule has 1 fully saturated rings. The van der Waals surface area contributed by atoms with Crippen LogP contribution in [0.25, 0.3) is 0 Å². The van der Waals surface area contributed by atoms with Crippen LogP contribution in [0.3, 0.4) is 0 Å². The second-order valence-corrected chi connectivity index (χ2v) is 14.1. The zero-order chi connectivity index (χ0) is 39.7. The van der Waals surface area contributed by atoms with E-state index < -0.39 is 65.5 Å². The summed E-state index contributed by atoms with van der Waals surface area (Å²) in [5.41, 5.74) is 12.5. The Kier molecular flexibility index (Phi) is 16.1. The zero-order valence-corrected chi connectivity index (χ0v) is 30.9. The van der Waals surface area contributed by atoms with E-state index in [1.54, 1.807) is 48.5 Å². The van der Waals surface area contributed by atoms with E-state index in [1.807, 2.05) is 6.07 Å². The Morgan fingerprint density at radius 1 is 0.618 bits per heavy atom. The smallest absolute Gasteiger partial charge is 0.244 e. The van der Waals surface area contributed by atoms with Gasteiger partial charge in [0.1, 0.15) is 24.2 Å². The molecular weight excluding hydrogens is 706 g/mol. The van der Waals surface area contributed by atoms with Crippen LogP contribution in [-0.2, 0) is 40.0 Å². The fourth-order valence-corrected chi connectivity index (χ4v) is 6.77. The predicted molar refractivity (Wildman–Crippen MR) is 203 cm³/mol. The third-order valence-corrected chi connectivity index (χ3v) is 9.83. The summed E-state index contributed by atoms with van der Waals surface area (Å²) in [5.74, 6) is -5.03. The van der Waals surface area contributed by atoms with Crippen LogP contribution in [0.1, 0.15) is 92.1 Å². The molecule has 2 aromatic carbocycles. The maximum Gasteiger partial charge on any atom is 0.244 e. The highest BCUT2D eigenvalue weighted by atomic mass is 16.2. The molecule has 1 aliphatic heterocycles. The van der Waals surface area contributed by atoms with Gasteiger partial charge in [-0.1, -0.05) is 86.7 Å². The molecule has 15 heteroatoms. The quantitative estimate of drug-likeness (QED) is 0.172. The van der Waals surface area contributed by atoms with Gasteiger partial charge in [-0.05, 0) is 43.6 Å². The molecule has 7 amide bonds. The van der Waals surface area contributed by atoms with Crippen LogP contribution in [0.4, 0.5) is 0 Å². The van der Waals surface area contributed by atoms with Gasteiger partial charge in [0.25, 0.3) is 0 Å². The summed E-state index contributed by atoms with van der Waals surface area (Å²) in [6, 6.07) is 11.0.